The maximum Gasteiger partial charge on any atom is 0.324 e. The van der Waals surface area contributed by atoms with Gasteiger partial charge in [0, 0.05) is 49.9 Å². The van der Waals surface area contributed by atoms with Gasteiger partial charge in [-0.25, -0.2) is 4.79 Å². The fraction of sp³-hybridized carbons (Fsp3) is 0.471. The summed E-state index contributed by atoms with van der Waals surface area (Å²) < 4.78 is 0. The van der Waals surface area contributed by atoms with Crippen molar-refractivity contribution in [1.29, 1.82) is 0 Å². The van der Waals surface area contributed by atoms with Crippen LogP contribution in [0.4, 0.5) is 10.5 Å². The number of nitrogens with one attached hydrogen (secondary N) is 1. The van der Waals surface area contributed by atoms with Gasteiger partial charge in [0.1, 0.15) is 6.54 Å². The first kappa shape index (κ1) is 17.5. The average molecular weight is 365 g/mol. The molecule has 0 atom stereocenters. The third kappa shape index (κ3) is 3.87. The van der Waals surface area contributed by atoms with Crippen LogP contribution in [0.25, 0.3) is 0 Å². The summed E-state index contributed by atoms with van der Waals surface area (Å²) >= 11 is 6.08. The molecule has 3 rings (SSSR count). The predicted octanol–water partition coefficient (Wildman–Crippen LogP) is 1.24. The van der Waals surface area contributed by atoms with Gasteiger partial charge in [0.2, 0.25) is 11.8 Å². The Hall–Kier alpha value is -2.28. The van der Waals surface area contributed by atoms with E-state index >= 15 is 0 Å². The second-order valence-corrected chi connectivity index (χ2v) is 6.70. The van der Waals surface area contributed by atoms with Crippen LogP contribution in [0.1, 0.15) is 12.0 Å². The van der Waals surface area contributed by atoms with E-state index < -0.39 is 6.03 Å². The van der Waals surface area contributed by atoms with Crippen LogP contribution < -0.4 is 10.2 Å². The highest BCUT2D eigenvalue weighted by atomic mass is 35.5. The van der Waals surface area contributed by atoms with Crippen molar-refractivity contribution in [3.05, 3.63) is 28.8 Å². The molecule has 0 bridgehead atoms. The number of benzene rings is 1. The van der Waals surface area contributed by atoms with Gasteiger partial charge in [0.25, 0.3) is 0 Å². The van der Waals surface area contributed by atoms with Crippen molar-refractivity contribution in [2.45, 2.75) is 13.3 Å². The monoisotopic (exact) mass is 364 g/mol. The van der Waals surface area contributed by atoms with Crippen LogP contribution in [0.5, 0.6) is 0 Å². The Bertz CT molecular complexity index is 685. The molecular weight excluding hydrogens is 344 g/mol. The summed E-state index contributed by atoms with van der Waals surface area (Å²) in [4.78, 5) is 40.9. The fourth-order valence-electron chi connectivity index (χ4n) is 3.14. The second-order valence-electron chi connectivity index (χ2n) is 6.26. The number of rotatable bonds is 3. The van der Waals surface area contributed by atoms with Gasteiger partial charge in [0.15, 0.2) is 0 Å². The molecule has 1 aromatic rings. The second kappa shape index (κ2) is 7.31. The van der Waals surface area contributed by atoms with Gasteiger partial charge in [-0.15, -0.1) is 0 Å². The minimum absolute atomic E-state index is 0.194. The van der Waals surface area contributed by atoms with Gasteiger partial charge >= 0.3 is 6.03 Å². The van der Waals surface area contributed by atoms with Crippen LogP contribution in [0.2, 0.25) is 5.02 Å². The molecule has 1 N–H and O–H groups in total. The molecule has 2 aliphatic rings. The maximum atomic E-state index is 12.4. The zero-order valence-corrected chi connectivity index (χ0v) is 14.9. The lowest BCUT2D eigenvalue weighted by Gasteiger charge is -2.37. The molecule has 2 saturated heterocycles. The number of anilines is 1. The van der Waals surface area contributed by atoms with Crippen LogP contribution in [-0.2, 0) is 9.59 Å². The largest absolute Gasteiger partial charge is 0.368 e. The quantitative estimate of drug-likeness (QED) is 0.875. The van der Waals surface area contributed by atoms with E-state index in [4.69, 9.17) is 11.6 Å². The van der Waals surface area contributed by atoms with Crippen molar-refractivity contribution in [3.63, 3.8) is 0 Å². The maximum absolute atomic E-state index is 12.4. The molecule has 2 heterocycles. The number of urea groups is 1. The molecule has 134 valence electrons. The molecule has 25 heavy (non-hydrogen) atoms. The van der Waals surface area contributed by atoms with E-state index in [1.54, 1.807) is 4.90 Å². The first-order chi connectivity index (χ1) is 12.0. The summed E-state index contributed by atoms with van der Waals surface area (Å²) in [6.45, 7) is 4.65. The van der Waals surface area contributed by atoms with Crippen LogP contribution >= 0.6 is 11.6 Å². The Morgan fingerprint density at radius 3 is 2.60 bits per heavy atom. The highest BCUT2D eigenvalue weighted by Gasteiger charge is 2.30. The number of piperazine rings is 1. The number of hydrogen-bond acceptors (Lipinski definition) is 4. The van der Waals surface area contributed by atoms with Gasteiger partial charge in [-0.05, 0) is 24.6 Å². The molecule has 7 nitrogen and oxygen atoms in total. The van der Waals surface area contributed by atoms with E-state index in [2.05, 4.69) is 10.2 Å². The normalized spacial score (nSPS) is 18.4. The summed E-state index contributed by atoms with van der Waals surface area (Å²) in [6.07, 6.45) is 0.237. The molecule has 4 amide bonds. The minimum Gasteiger partial charge on any atom is -0.368 e. The van der Waals surface area contributed by atoms with Crippen LogP contribution in [0.15, 0.2) is 18.2 Å². The Kier molecular flexibility index (Phi) is 5.13. The summed E-state index contributed by atoms with van der Waals surface area (Å²) in [5.74, 6) is -0.502. The SMILES string of the molecule is Cc1ccc(Cl)cc1N1CCN(C(=O)CN2C(=O)CCNC2=O)CC1. The molecule has 0 radical (unpaired) electrons. The van der Waals surface area contributed by atoms with Gasteiger partial charge in [-0.2, -0.15) is 0 Å². The van der Waals surface area contributed by atoms with Crippen molar-refractivity contribution in [2.75, 3.05) is 44.2 Å². The smallest absolute Gasteiger partial charge is 0.324 e. The third-order valence-electron chi connectivity index (χ3n) is 4.60. The van der Waals surface area contributed by atoms with Crippen molar-refractivity contribution < 1.29 is 14.4 Å². The first-order valence-corrected chi connectivity index (χ1v) is 8.70. The highest BCUT2D eigenvalue weighted by Crippen LogP contribution is 2.25. The summed E-state index contributed by atoms with van der Waals surface area (Å²) in [5, 5.41) is 3.27. The van der Waals surface area contributed by atoms with Crippen molar-refractivity contribution in [2.24, 2.45) is 0 Å². The molecule has 0 aliphatic carbocycles. The molecule has 0 spiro atoms. The Morgan fingerprint density at radius 1 is 1.20 bits per heavy atom. The van der Waals surface area contributed by atoms with E-state index in [0.717, 1.165) is 16.2 Å². The molecule has 0 saturated carbocycles. The number of aryl methyl sites for hydroxylation is 1. The van der Waals surface area contributed by atoms with Gasteiger partial charge in [-0.1, -0.05) is 17.7 Å². The van der Waals surface area contributed by atoms with Crippen LogP contribution in [-0.4, -0.2) is 66.9 Å². The number of amides is 4. The van der Waals surface area contributed by atoms with E-state index in [1.165, 1.54) is 0 Å². The summed E-state index contributed by atoms with van der Waals surface area (Å²) in [7, 11) is 0. The number of carbonyl (C=O) groups excluding carboxylic acids is 3. The lowest BCUT2D eigenvalue weighted by atomic mass is 10.1. The van der Waals surface area contributed by atoms with E-state index in [1.807, 2.05) is 25.1 Å². The summed E-state index contributed by atoms with van der Waals surface area (Å²) in [6, 6.07) is 5.29. The van der Waals surface area contributed by atoms with Gasteiger partial charge in [-0.3, -0.25) is 14.5 Å². The van der Waals surface area contributed by atoms with E-state index in [9.17, 15) is 14.4 Å². The van der Waals surface area contributed by atoms with Crippen molar-refractivity contribution in [1.82, 2.24) is 15.1 Å². The molecule has 0 aromatic heterocycles. The Balaban J connectivity index is 1.58. The summed E-state index contributed by atoms with van der Waals surface area (Å²) in [5.41, 5.74) is 2.21. The molecule has 2 aliphatic heterocycles. The number of imide groups is 1. The molecule has 2 fully saturated rings. The van der Waals surface area contributed by atoms with Gasteiger partial charge in [0.05, 0.1) is 0 Å². The molecule has 8 heteroatoms. The van der Waals surface area contributed by atoms with E-state index in [-0.39, 0.29) is 24.8 Å². The Labute approximate surface area is 151 Å². The van der Waals surface area contributed by atoms with Gasteiger partial charge < -0.3 is 15.1 Å². The number of hydrogen-bond donors (Lipinski definition) is 1. The average Bonchev–Trinajstić information content (AvgIpc) is 2.60. The van der Waals surface area contributed by atoms with Crippen LogP contribution in [0, 0.1) is 6.92 Å². The van der Waals surface area contributed by atoms with E-state index in [0.29, 0.717) is 37.7 Å². The standard InChI is InChI=1S/C17H21ClN4O3/c1-12-2-3-13(18)10-14(12)20-6-8-21(9-7-20)16(24)11-22-15(23)4-5-19-17(22)25/h2-3,10H,4-9,11H2,1H3,(H,19,25). The lowest BCUT2D eigenvalue weighted by Crippen LogP contribution is -2.56. The molecular formula is C17H21ClN4O3. The topological polar surface area (TPSA) is 73.0 Å². The number of halogens is 1. The first-order valence-electron chi connectivity index (χ1n) is 8.33. The van der Waals surface area contributed by atoms with Crippen LogP contribution in [0.3, 0.4) is 0 Å². The fourth-order valence-corrected chi connectivity index (χ4v) is 3.30. The van der Waals surface area contributed by atoms with Crippen molar-refractivity contribution in [3.8, 4) is 0 Å². The lowest BCUT2D eigenvalue weighted by molar-refractivity contribution is -0.138. The third-order valence-corrected chi connectivity index (χ3v) is 4.83. The minimum atomic E-state index is -0.488. The number of carbonyl (C=O) groups is 3. The van der Waals surface area contributed by atoms with Crippen molar-refractivity contribution >= 4 is 35.1 Å². The number of nitrogens with zero attached hydrogens (tertiary/aromatic N) is 3. The zero-order valence-electron chi connectivity index (χ0n) is 14.1. The molecule has 0 unspecified atom stereocenters. The Morgan fingerprint density at radius 2 is 1.92 bits per heavy atom. The predicted molar refractivity (Wildman–Crippen MR) is 94.7 cm³/mol. The molecule has 1 aromatic carbocycles. The zero-order chi connectivity index (χ0) is 18.0. The highest BCUT2D eigenvalue weighted by molar-refractivity contribution is 6.30.